The van der Waals surface area contributed by atoms with Gasteiger partial charge in [-0.25, -0.2) is 0 Å². The number of ketones is 1. The predicted octanol–water partition coefficient (Wildman–Crippen LogP) is 4.74. The van der Waals surface area contributed by atoms with Crippen molar-refractivity contribution in [3.05, 3.63) is 10.8 Å². The van der Waals surface area contributed by atoms with Crippen LogP contribution in [0.2, 0.25) is 19.6 Å². The monoisotopic (exact) mass is 276 g/mol. The van der Waals surface area contributed by atoms with Gasteiger partial charge in [-0.3, -0.25) is 4.79 Å². The van der Waals surface area contributed by atoms with Crippen LogP contribution >= 0.6 is 0 Å². The molecule has 3 rings (SSSR count). The van der Waals surface area contributed by atoms with Crippen molar-refractivity contribution in [2.24, 2.45) is 16.7 Å². The molecule has 0 bridgehead atoms. The molecule has 0 N–H and O–H groups in total. The van der Waals surface area contributed by atoms with Gasteiger partial charge in [0.2, 0.25) is 0 Å². The largest absolute Gasteiger partial charge is 0.299 e. The van der Waals surface area contributed by atoms with Crippen LogP contribution in [0.15, 0.2) is 10.8 Å². The molecule has 1 unspecified atom stereocenters. The Morgan fingerprint density at radius 2 is 1.84 bits per heavy atom. The zero-order chi connectivity index (χ0) is 14.1. The maximum absolute atomic E-state index is 12.9. The van der Waals surface area contributed by atoms with Gasteiger partial charge in [-0.2, -0.15) is 0 Å². The molecule has 0 radical (unpaired) electrons. The molecule has 0 aromatic carbocycles. The molecule has 2 fully saturated rings. The maximum atomic E-state index is 12.9. The van der Waals surface area contributed by atoms with Crippen LogP contribution in [0.3, 0.4) is 0 Å². The van der Waals surface area contributed by atoms with Crippen molar-refractivity contribution in [2.45, 2.75) is 72.0 Å². The lowest BCUT2D eigenvalue weighted by atomic mass is 9.56. The zero-order valence-electron chi connectivity index (χ0n) is 13.2. The van der Waals surface area contributed by atoms with Gasteiger partial charge in [-0.05, 0) is 43.4 Å². The average molecular weight is 276 g/mol. The van der Waals surface area contributed by atoms with Crippen molar-refractivity contribution in [3.8, 4) is 0 Å². The first kappa shape index (κ1) is 13.6. The van der Waals surface area contributed by atoms with Gasteiger partial charge in [0.1, 0.15) is 5.78 Å². The minimum Gasteiger partial charge on any atom is -0.299 e. The van der Waals surface area contributed by atoms with Crippen LogP contribution in [0, 0.1) is 16.7 Å². The van der Waals surface area contributed by atoms with Crippen LogP contribution in [0.25, 0.3) is 0 Å². The first-order valence-corrected chi connectivity index (χ1v) is 11.5. The Kier molecular flexibility index (Phi) is 2.75. The fraction of sp³-hybridized carbons (Fsp3) is 0.824. The zero-order valence-corrected chi connectivity index (χ0v) is 14.2. The number of carbonyl (C=O) groups is 1. The molecule has 0 amide bonds. The van der Waals surface area contributed by atoms with Gasteiger partial charge in [-0.15, -0.1) is 0 Å². The number of rotatable bonds is 1. The van der Waals surface area contributed by atoms with E-state index in [1.165, 1.54) is 19.3 Å². The number of Topliss-reactive ketones (excluding diaryl/α,β-unsaturated/α-hetero) is 1. The minimum atomic E-state index is -1.29. The van der Waals surface area contributed by atoms with E-state index in [-0.39, 0.29) is 10.8 Å². The Hall–Kier alpha value is -0.373. The summed E-state index contributed by atoms with van der Waals surface area (Å²) < 4.78 is 0. The van der Waals surface area contributed by atoms with E-state index in [0.29, 0.717) is 11.7 Å². The summed E-state index contributed by atoms with van der Waals surface area (Å²) in [5.74, 6) is 1.25. The molecule has 0 aromatic rings. The van der Waals surface area contributed by atoms with Gasteiger partial charge >= 0.3 is 0 Å². The molecule has 0 heterocycles. The minimum absolute atomic E-state index is 0.0275. The lowest BCUT2D eigenvalue weighted by Crippen LogP contribution is -2.45. The summed E-state index contributed by atoms with van der Waals surface area (Å²) in [5, 5.41) is 1.76. The molecule has 2 saturated carbocycles. The maximum Gasteiger partial charge on any atom is 0.143 e. The first-order valence-electron chi connectivity index (χ1n) is 8.00. The first-order chi connectivity index (χ1) is 8.72. The van der Waals surface area contributed by atoms with Crippen LogP contribution in [-0.4, -0.2) is 13.9 Å². The molecule has 0 aromatic heterocycles. The molecule has 0 aliphatic heterocycles. The fourth-order valence-electron chi connectivity index (χ4n) is 5.79. The van der Waals surface area contributed by atoms with Crippen molar-refractivity contribution in [2.75, 3.05) is 0 Å². The lowest BCUT2D eigenvalue weighted by molar-refractivity contribution is -0.136. The van der Waals surface area contributed by atoms with E-state index in [1.54, 1.807) is 10.8 Å². The molecule has 3 aliphatic carbocycles. The summed E-state index contributed by atoms with van der Waals surface area (Å²) >= 11 is 0. The number of allylic oxidation sites excluding steroid dienone is 2. The normalized spacial score (nSPS) is 42.6. The standard InChI is InChI=1S/C17H28OSi/c1-12-11-17-13(15(12)19(3,4)5)8-10-16(17,2)9-6-7-14(17)18/h12H,6-11H2,1-5H3/t12?,16-,17-/m0/s1. The third-order valence-electron chi connectivity index (χ3n) is 6.32. The predicted molar refractivity (Wildman–Crippen MR) is 82.8 cm³/mol. The summed E-state index contributed by atoms with van der Waals surface area (Å²) in [4.78, 5) is 12.9. The van der Waals surface area contributed by atoms with E-state index in [0.717, 1.165) is 19.3 Å². The van der Waals surface area contributed by atoms with Gasteiger partial charge in [0.05, 0.1) is 13.5 Å². The Morgan fingerprint density at radius 3 is 2.47 bits per heavy atom. The molecule has 106 valence electrons. The highest BCUT2D eigenvalue weighted by molar-refractivity contribution is 6.83. The highest BCUT2D eigenvalue weighted by atomic mass is 28.3. The van der Waals surface area contributed by atoms with Crippen molar-refractivity contribution in [1.82, 2.24) is 0 Å². The van der Waals surface area contributed by atoms with Gasteiger partial charge in [-0.1, -0.05) is 44.3 Å². The van der Waals surface area contributed by atoms with E-state index < -0.39 is 8.07 Å². The second-order valence-electron chi connectivity index (χ2n) is 8.49. The molecular formula is C17H28OSi. The van der Waals surface area contributed by atoms with Crippen LogP contribution < -0.4 is 0 Å². The van der Waals surface area contributed by atoms with Crippen molar-refractivity contribution in [3.63, 3.8) is 0 Å². The Bertz CT molecular complexity index is 470. The summed E-state index contributed by atoms with van der Waals surface area (Å²) in [5.41, 5.74) is 1.89. The van der Waals surface area contributed by atoms with Crippen LogP contribution in [0.1, 0.15) is 52.4 Å². The van der Waals surface area contributed by atoms with E-state index in [1.807, 2.05) is 0 Å². The summed E-state index contributed by atoms with van der Waals surface area (Å²) in [6.07, 6.45) is 6.85. The topological polar surface area (TPSA) is 17.1 Å². The summed E-state index contributed by atoms with van der Waals surface area (Å²) in [6.45, 7) is 12.2. The Morgan fingerprint density at radius 1 is 1.16 bits per heavy atom. The smallest absolute Gasteiger partial charge is 0.143 e. The van der Waals surface area contributed by atoms with E-state index in [4.69, 9.17) is 0 Å². The summed E-state index contributed by atoms with van der Waals surface area (Å²) in [7, 11) is -1.29. The van der Waals surface area contributed by atoms with E-state index >= 15 is 0 Å². The third-order valence-corrected chi connectivity index (χ3v) is 8.73. The van der Waals surface area contributed by atoms with Crippen molar-refractivity contribution in [1.29, 1.82) is 0 Å². The van der Waals surface area contributed by atoms with E-state index in [2.05, 4.69) is 33.5 Å². The summed E-state index contributed by atoms with van der Waals surface area (Å²) in [6, 6.07) is 0. The Labute approximate surface area is 118 Å². The van der Waals surface area contributed by atoms with Gasteiger partial charge in [0, 0.05) is 6.42 Å². The molecule has 3 aliphatic rings. The van der Waals surface area contributed by atoms with Crippen LogP contribution in [0.4, 0.5) is 0 Å². The molecule has 0 saturated heterocycles. The van der Waals surface area contributed by atoms with E-state index in [9.17, 15) is 4.79 Å². The molecular weight excluding hydrogens is 248 g/mol. The van der Waals surface area contributed by atoms with Gasteiger partial charge in [0.15, 0.2) is 0 Å². The molecule has 3 atom stereocenters. The number of hydrogen-bond acceptors (Lipinski definition) is 1. The number of carbonyl (C=O) groups excluding carboxylic acids is 1. The van der Waals surface area contributed by atoms with Gasteiger partial charge < -0.3 is 0 Å². The SMILES string of the molecule is CC1C[C@]23C(=O)CCC[C@@]2(C)CCC3=C1[Si](C)(C)C. The quantitative estimate of drug-likeness (QED) is 0.632. The molecule has 19 heavy (non-hydrogen) atoms. The highest BCUT2D eigenvalue weighted by Gasteiger charge is 2.64. The molecule has 1 spiro atoms. The van der Waals surface area contributed by atoms with Crippen LogP contribution in [-0.2, 0) is 4.79 Å². The van der Waals surface area contributed by atoms with Crippen molar-refractivity contribution < 1.29 is 4.79 Å². The lowest BCUT2D eigenvalue weighted by Gasteiger charge is -2.45. The molecule has 2 heteroatoms. The second-order valence-corrected chi connectivity index (χ2v) is 13.5. The second kappa shape index (κ2) is 3.84. The fourth-order valence-corrected chi connectivity index (χ4v) is 8.61. The van der Waals surface area contributed by atoms with Crippen molar-refractivity contribution >= 4 is 13.9 Å². The average Bonchev–Trinajstić information content (AvgIpc) is 2.71. The Balaban J connectivity index is 2.21. The van der Waals surface area contributed by atoms with Gasteiger partial charge in [0.25, 0.3) is 0 Å². The number of hydrogen-bond donors (Lipinski definition) is 0. The van der Waals surface area contributed by atoms with Crippen LogP contribution in [0.5, 0.6) is 0 Å². The third kappa shape index (κ3) is 1.55. The molecule has 1 nitrogen and oxygen atoms in total. The highest BCUT2D eigenvalue weighted by Crippen LogP contribution is 2.69.